The third-order valence-corrected chi connectivity index (χ3v) is 3.63. The van der Waals surface area contributed by atoms with Crippen molar-refractivity contribution in [2.24, 2.45) is 0 Å². The molecule has 0 aromatic heterocycles. The molecule has 2 aliphatic heterocycles. The summed E-state index contributed by atoms with van der Waals surface area (Å²) in [6, 6.07) is 0. The summed E-state index contributed by atoms with van der Waals surface area (Å²) in [5.41, 5.74) is 0. The Morgan fingerprint density at radius 1 is 0.739 bits per heavy atom. The Morgan fingerprint density at radius 3 is 1.39 bits per heavy atom. The molecule has 0 radical (unpaired) electrons. The molecule has 2 aliphatic rings. The van der Waals surface area contributed by atoms with Gasteiger partial charge in [-0.15, -0.1) is 0 Å². The fourth-order valence-electron chi connectivity index (χ4n) is 2.26. The van der Waals surface area contributed by atoms with Crippen LogP contribution in [0.25, 0.3) is 0 Å². The predicted octanol–water partition coefficient (Wildman–Crippen LogP) is -4.98. The number of Topliss-reactive ketones (excluding diaryl/α,β-unsaturated/α-hetero) is 2. The summed E-state index contributed by atoms with van der Waals surface area (Å²) in [6.07, 6.45) is -13.6. The van der Waals surface area contributed by atoms with Gasteiger partial charge in [-0.3, -0.25) is 9.59 Å². The molecular weight excluding hydrogens is 320 g/mol. The molecule has 2 fully saturated rings. The number of hydrogen-bond donors (Lipinski definition) is 6. The van der Waals surface area contributed by atoms with Crippen LogP contribution in [0.15, 0.2) is 0 Å². The van der Waals surface area contributed by atoms with Crippen LogP contribution >= 0.6 is 0 Å². The molecule has 6 N–H and O–H groups in total. The molecule has 0 aromatic carbocycles. The number of ether oxygens (including phenoxy) is 3. The quantitative estimate of drug-likeness (QED) is 0.288. The lowest BCUT2D eigenvalue weighted by Crippen LogP contribution is -2.61. The summed E-state index contributed by atoms with van der Waals surface area (Å²) in [7, 11) is 0. The van der Waals surface area contributed by atoms with E-state index in [0.717, 1.165) is 0 Å². The highest BCUT2D eigenvalue weighted by Crippen LogP contribution is 2.25. The fraction of sp³-hybridized carbons (Fsp3) is 0.833. The zero-order chi connectivity index (χ0) is 17.3. The van der Waals surface area contributed by atoms with Gasteiger partial charge < -0.3 is 44.8 Å². The van der Waals surface area contributed by atoms with Crippen molar-refractivity contribution in [2.75, 3.05) is 13.2 Å². The van der Waals surface area contributed by atoms with Crippen molar-refractivity contribution in [2.45, 2.75) is 49.2 Å². The highest BCUT2D eigenvalue weighted by atomic mass is 16.8. The normalized spacial score (nSPS) is 45.3. The van der Waals surface area contributed by atoms with E-state index < -0.39 is 74.0 Å². The van der Waals surface area contributed by atoms with Crippen LogP contribution in [0.1, 0.15) is 0 Å². The number of carbonyl (C=O) groups is 2. The van der Waals surface area contributed by atoms with Gasteiger partial charge in [-0.2, -0.15) is 0 Å². The molecule has 11 nitrogen and oxygen atoms in total. The third-order valence-electron chi connectivity index (χ3n) is 3.63. The zero-order valence-electron chi connectivity index (χ0n) is 11.8. The van der Waals surface area contributed by atoms with Crippen molar-refractivity contribution >= 4 is 11.6 Å². The van der Waals surface area contributed by atoms with Crippen LogP contribution in [-0.4, -0.2) is 105 Å². The van der Waals surface area contributed by atoms with Gasteiger partial charge in [0.25, 0.3) is 0 Å². The largest absolute Gasteiger partial charge is 0.394 e. The van der Waals surface area contributed by atoms with Gasteiger partial charge in [0.05, 0.1) is 13.2 Å². The van der Waals surface area contributed by atoms with Crippen LogP contribution in [0.3, 0.4) is 0 Å². The van der Waals surface area contributed by atoms with Crippen LogP contribution in [0.4, 0.5) is 0 Å². The van der Waals surface area contributed by atoms with Crippen molar-refractivity contribution in [3.8, 4) is 0 Å². The Balaban J connectivity index is 2.10. The molecule has 0 unspecified atom stereocenters. The minimum absolute atomic E-state index is 0.746. The van der Waals surface area contributed by atoms with E-state index in [1.165, 1.54) is 0 Å². The molecule has 0 aromatic rings. The lowest BCUT2D eigenvalue weighted by Gasteiger charge is -2.40. The number of carbonyl (C=O) groups excluding carboxylic acids is 2. The second-order valence-electron chi connectivity index (χ2n) is 5.17. The van der Waals surface area contributed by atoms with E-state index in [1.807, 2.05) is 0 Å². The van der Waals surface area contributed by atoms with Gasteiger partial charge in [0.2, 0.25) is 0 Å². The molecule has 8 atom stereocenters. The van der Waals surface area contributed by atoms with Gasteiger partial charge in [-0.1, -0.05) is 0 Å². The lowest BCUT2D eigenvalue weighted by molar-refractivity contribution is -0.334. The van der Waals surface area contributed by atoms with E-state index in [9.17, 15) is 30.0 Å². The van der Waals surface area contributed by atoms with Crippen molar-refractivity contribution < 1.29 is 54.4 Å². The van der Waals surface area contributed by atoms with Crippen LogP contribution in [0.5, 0.6) is 0 Å². The van der Waals surface area contributed by atoms with E-state index in [1.54, 1.807) is 0 Å². The highest BCUT2D eigenvalue weighted by molar-refractivity contribution is 5.89. The highest BCUT2D eigenvalue weighted by Gasteiger charge is 2.49. The van der Waals surface area contributed by atoms with Gasteiger partial charge in [0, 0.05) is 0 Å². The third kappa shape index (κ3) is 3.42. The van der Waals surface area contributed by atoms with E-state index in [4.69, 9.17) is 24.4 Å². The minimum Gasteiger partial charge on any atom is -0.394 e. The Morgan fingerprint density at radius 2 is 1.09 bits per heavy atom. The number of rotatable bonds is 4. The summed E-state index contributed by atoms with van der Waals surface area (Å²) in [6.45, 7) is -1.49. The average molecular weight is 338 g/mol. The zero-order valence-corrected chi connectivity index (χ0v) is 11.8. The van der Waals surface area contributed by atoms with Crippen LogP contribution in [-0.2, 0) is 23.8 Å². The van der Waals surface area contributed by atoms with Crippen LogP contribution in [0.2, 0.25) is 0 Å². The number of aliphatic hydroxyl groups excluding tert-OH is 6. The van der Waals surface area contributed by atoms with Gasteiger partial charge in [-0.05, 0) is 0 Å². The first-order valence-corrected chi connectivity index (χ1v) is 6.79. The molecule has 0 saturated carbocycles. The first kappa shape index (κ1) is 18.3. The standard InChI is InChI=1S/C12H18O11/c13-1-3-5(15)7(17)9(19)11(21-3)23-12-10(20)8(18)6(16)4(2-14)22-12/h3-6,9-16,19-20H,1-2H2/t3-,4-,5-,6-,9-,10-,11-,12-/m1/s1. The van der Waals surface area contributed by atoms with Gasteiger partial charge in [0.1, 0.15) is 24.4 Å². The van der Waals surface area contributed by atoms with Gasteiger partial charge in [-0.25, -0.2) is 0 Å². The van der Waals surface area contributed by atoms with Crippen molar-refractivity contribution in [3.05, 3.63) is 0 Å². The fourth-order valence-corrected chi connectivity index (χ4v) is 2.26. The summed E-state index contributed by atoms with van der Waals surface area (Å²) in [5.74, 6) is -2.15. The monoisotopic (exact) mass is 338 g/mol. The van der Waals surface area contributed by atoms with E-state index >= 15 is 0 Å². The van der Waals surface area contributed by atoms with Gasteiger partial charge in [0.15, 0.2) is 36.4 Å². The first-order valence-electron chi connectivity index (χ1n) is 6.79. The predicted molar refractivity (Wildman–Crippen MR) is 66.6 cm³/mol. The molecular formula is C12H18O11. The molecule has 2 rings (SSSR count). The average Bonchev–Trinajstić information content (AvgIpc) is 2.55. The smallest absolute Gasteiger partial charge is 0.197 e. The van der Waals surface area contributed by atoms with Gasteiger partial charge >= 0.3 is 0 Å². The summed E-state index contributed by atoms with van der Waals surface area (Å²) in [5, 5.41) is 56.5. The molecule has 0 aliphatic carbocycles. The topological polar surface area (TPSA) is 183 Å². The van der Waals surface area contributed by atoms with E-state index in [-0.39, 0.29) is 0 Å². The Kier molecular flexibility index (Phi) is 5.78. The SMILES string of the molecule is O=C1[C@@H](O)[C@@H](O[C@H]2O[C@H](CO)[C@@H](O)C(=O)[C@H]2O)O[C@H](CO)[C@H]1O. The molecule has 0 spiro atoms. The summed E-state index contributed by atoms with van der Waals surface area (Å²) < 4.78 is 15.0. The molecule has 2 heterocycles. The molecule has 0 amide bonds. The van der Waals surface area contributed by atoms with E-state index in [2.05, 4.69) is 0 Å². The van der Waals surface area contributed by atoms with Crippen LogP contribution < -0.4 is 0 Å². The first-order chi connectivity index (χ1) is 10.8. The molecule has 0 bridgehead atoms. The summed E-state index contributed by atoms with van der Waals surface area (Å²) in [4.78, 5) is 23.3. The van der Waals surface area contributed by atoms with Crippen LogP contribution in [0, 0.1) is 0 Å². The Bertz CT molecular complexity index is 414. The Labute approximate surface area is 129 Å². The number of aliphatic hydroxyl groups is 6. The molecule has 11 heteroatoms. The Hall–Kier alpha value is -1.02. The van der Waals surface area contributed by atoms with Crippen molar-refractivity contribution in [1.29, 1.82) is 0 Å². The maximum Gasteiger partial charge on any atom is 0.197 e. The van der Waals surface area contributed by atoms with Crippen molar-refractivity contribution in [1.82, 2.24) is 0 Å². The molecule has 2 saturated heterocycles. The lowest BCUT2D eigenvalue weighted by atomic mass is 10.00. The van der Waals surface area contributed by atoms with Crippen molar-refractivity contribution in [3.63, 3.8) is 0 Å². The second-order valence-corrected chi connectivity index (χ2v) is 5.17. The molecule has 132 valence electrons. The molecule has 23 heavy (non-hydrogen) atoms. The summed E-state index contributed by atoms with van der Waals surface area (Å²) >= 11 is 0. The maximum absolute atomic E-state index is 11.6. The second kappa shape index (κ2) is 7.25. The number of ketones is 2. The minimum atomic E-state index is -1.95. The number of hydrogen-bond acceptors (Lipinski definition) is 11. The maximum atomic E-state index is 11.6. The van der Waals surface area contributed by atoms with E-state index in [0.29, 0.717) is 0 Å².